The van der Waals surface area contributed by atoms with Crippen molar-refractivity contribution in [3.63, 3.8) is 0 Å². The predicted octanol–water partition coefficient (Wildman–Crippen LogP) is 4.67. The van der Waals surface area contributed by atoms with Crippen LogP contribution < -0.4 is 5.32 Å². The molecule has 3 aromatic rings. The summed E-state index contributed by atoms with van der Waals surface area (Å²) in [6, 6.07) is 16.8. The molecule has 2 nitrogen and oxygen atoms in total. The smallest absolute Gasteiger partial charge is 0.0454 e. The number of rotatable bonds is 4. The van der Waals surface area contributed by atoms with Crippen molar-refractivity contribution in [2.45, 2.75) is 19.5 Å². The average molecular weight is 285 g/mol. The highest BCUT2D eigenvalue weighted by atomic mass is 35.5. The van der Waals surface area contributed by atoms with Crippen molar-refractivity contribution in [3.05, 3.63) is 70.9 Å². The Morgan fingerprint density at radius 2 is 2.05 bits per heavy atom. The van der Waals surface area contributed by atoms with Crippen molar-refractivity contribution in [3.8, 4) is 0 Å². The van der Waals surface area contributed by atoms with Crippen LogP contribution in [0.5, 0.6) is 0 Å². The lowest BCUT2D eigenvalue weighted by atomic mass is 10.1. The third-order valence-electron chi connectivity index (χ3n) is 3.58. The first-order chi connectivity index (χ1) is 9.72. The zero-order valence-corrected chi connectivity index (χ0v) is 12.1. The molecule has 102 valence electrons. The van der Waals surface area contributed by atoms with Crippen LogP contribution in [0.15, 0.2) is 54.7 Å². The Hall–Kier alpha value is -1.77. The van der Waals surface area contributed by atoms with Crippen molar-refractivity contribution in [2.75, 3.05) is 0 Å². The van der Waals surface area contributed by atoms with Crippen LogP contribution in [0, 0.1) is 0 Å². The van der Waals surface area contributed by atoms with Gasteiger partial charge in [-0.2, -0.15) is 0 Å². The van der Waals surface area contributed by atoms with Gasteiger partial charge in [-0.3, -0.25) is 0 Å². The second-order valence-electron chi connectivity index (χ2n) is 5.06. The van der Waals surface area contributed by atoms with Crippen molar-refractivity contribution in [2.24, 2.45) is 0 Å². The molecule has 3 heteroatoms. The second-order valence-corrected chi connectivity index (χ2v) is 5.49. The maximum atomic E-state index is 6.03. The number of aromatic amines is 1. The van der Waals surface area contributed by atoms with Crippen molar-refractivity contribution in [1.82, 2.24) is 10.3 Å². The molecular weight excluding hydrogens is 268 g/mol. The molecule has 0 bridgehead atoms. The third-order valence-corrected chi connectivity index (χ3v) is 3.81. The zero-order chi connectivity index (χ0) is 13.9. The fraction of sp³-hybridized carbons (Fsp3) is 0.176. The lowest BCUT2D eigenvalue weighted by Crippen LogP contribution is -2.17. The Bertz CT molecular complexity index is 718. The van der Waals surface area contributed by atoms with E-state index in [9.17, 15) is 0 Å². The Morgan fingerprint density at radius 3 is 2.90 bits per heavy atom. The van der Waals surface area contributed by atoms with E-state index in [0.29, 0.717) is 0 Å². The van der Waals surface area contributed by atoms with Crippen LogP contribution in [0.2, 0.25) is 5.02 Å². The fourth-order valence-corrected chi connectivity index (χ4v) is 2.58. The summed E-state index contributed by atoms with van der Waals surface area (Å²) in [5.41, 5.74) is 3.67. The molecule has 0 aliphatic carbocycles. The summed E-state index contributed by atoms with van der Waals surface area (Å²) >= 11 is 6.03. The fourth-order valence-electron chi connectivity index (χ4n) is 2.38. The molecule has 20 heavy (non-hydrogen) atoms. The molecule has 0 spiro atoms. The summed E-state index contributed by atoms with van der Waals surface area (Å²) in [6.07, 6.45) is 1.97. The summed E-state index contributed by atoms with van der Waals surface area (Å²) < 4.78 is 0. The molecular formula is C17H17ClN2. The number of nitrogens with one attached hydrogen (secondary N) is 2. The van der Waals surface area contributed by atoms with E-state index in [-0.39, 0.29) is 6.04 Å². The number of benzene rings is 2. The topological polar surface area (TPSA) is 27.8 Å². The Morgan fingerprint density at radius 1 is 1.15 bits per heavy atom. The van der Waals surface area contributed by atoms with Gasteiger partial charge in [0.2, 0.25) is 0 Å². The molecule has 1 unspecified atom stereocenters. The highest BCUT2D eigenvalue weighted by molar-refractivity contribution is 6.30. The summed E-state index contributed by atoms with van der Waals surface area (Å²) in [5, 5.41) is 5.56. The van der Waals surface area contributed by atoms with Gasteiger partial charge in [0.25, 0.3) is 0 Å². The summed E-state index contributed by atoms with van der Waals surface area (Å²) in [4.78, 5) is 3.21. The van der Waals surface area contributed by atoms with Crippen LogP contribution in [0.4, 0.5) is 0 Å². The second kappa shape index (κ2) is 5.70. The van der Waals surface area contributed by atoms with E-state index < -0.39 is 0 Å². The summed E-state index contributed by atoms with van der Waals surface area (Å²) in [7, 11) is 0. The largest absolute Gasteiger partial charge is 0.361 e. The zero-order valence-electron chi connectivity index (χ0n) is 11.4. The molecule has 1 atom stereocenters. The van der Waals surface area contributed by atoms with Gasteiger partial charge in [-0.1, -0.05) is 29.8 Å². The van der Waals surface area contributed by atoms with Crippen LogP contribution in [0.1, 0.15) is 24.1 Å². The lowest BCUT2D eigenvalue weighted by molar-refractivity contribution is 0.575. The summed E-state index contributed by atoms with van der Waals surface area (Å²) in [5.74, 6) is 0. The number of hydrogen-bond acceptors (Lipinski definition) is 1. The Labute approximate surface area is 123 Å². The first-order valence-corrected chi connectivity index (χ1v) is 7.15. The number of H-pyrrole nitrogens is 1. The standard InChI is InChI=1S/C17H17ClN2/c1-12(14-3-2-4-16(18)10-14)20-11-13-5-6-17-15(9-13)7-8-19-17/h2-10,12,19-20H,11H2,1H3. The van der Waals surface area contributed by atoms with E-state index in [1.807, 2.05) is 24.4 Å². The molecule has 3 rings (SSSR count). The average Bonchev–Trinajstić information content (AvgIpc) is 2.92. The van der Waals surface area contributed by atoms with Gasteiger partial charge in [0.05, 0.1) is 0 Å². The maximum Gasteiger partial charge on any atom is 0.0454 e. The summed E-state index contributed by atoms with van der Waals surface area (Å²) in [6.45, 7) is 3.00. The van der Waals surface area contributed by atoms with Crippen LogP contribution in [-0.4, -0.2) is 4.98 Å². The minimum Gasteiger partial charge on any atom is -0.361 e. The third kappa shape index (κ3) is 2.87. The Kier molecular flexibility index (Phi) is 3.77. The van der Waals surface area contributed by atoms with Gasteiger partial charge in [0, 0.05) is 29.3 Å². The van der Waals surface area contributed by atoms with Crippen LogP contribution >= 0.6 is 11.6 Å². The molecule has 0 radical (unpaired) electrons. The molecule has 2 aromatic carbocycles. The first-order valence-electron chi connectivity index (χ1n) is 6.77. The number of halogens is 1. The van der Waals surface area contributed by atoms with Gasteiger partial charge in [0.15, 0.2) is 0 Å². The molecule has 0 aliphatic heterocycles. The lowest BCUT2D eigenvalue weighted by Gasteiger charge is -2.14. The molecule has 0 aliphatic rings. The van der Waals surface area contributed by atoms with E-state index in [0.717, 1.165) is 11.6 Å². The van der Waals surface area contributed by atoms with Crippen molar-refractivity contribution in [1.29, 1.82) is 0 Å². The molecule has 0 fully saturated rings. The van der Waals surface area contributed by atoms with Gasteiger partial charge in [0.1, 0.15) is 0 Å². The van der Waals surface area contributed by atoms with Gasteiger partial charge in [-0.15, -0.1) is 0 Å². The normalized spacial score (nSPS) is 12.7. The van der Waals surface area contributed by atoms with Crippen molar-refractivity contribution >= 4 is 22.5 Å². The first kappa shape index (κ1) is 13.2. The van der Waals surface area contributed by atoms with Crippen LogP contribution in [0.3, 0.4) is 0 Å². The number of aromatic nitrogens is 1. The van der Waals surface area contributed by atoms with E-state index in [4.69, 9.17) is 11.6 Å². The van der Waals surface area contributed by atoms with E-state index in [1.54, 1.807) is 0 Å². The minimum absolute atomic E-state index is 0.274. The molecule has 0 saturated heterocycles. The van der Waals surface area contributed by atoms with Gasteiger partial charge in [-0.05, 0) is 53.8 Å². The van der Waals surface area contributed by atoms with Crippen LogP contribution in [-0.2, 0) is 6.54 Å². The van der Waals surface area contributed by atoms with E-state index >= 15 is 0 Å². The monoisotopic (exact) mass is 284 g/mol. The van der Waals surface area contributed by atoms with Gasteiger partial charge >= 0.3 is 0 Å². The minimum atomic E-state index is 0.274. The van der Waals surface area contributed by atoms with Crippen LogP contribution in [0.25, 0.3) is 10.9 Å². The molecule has 0 amide bonds. The highest BCUT2D eigenvalue weighted by Gasteiger charge is 2.05. The SMILES string of the molecule is CC(NCc1ccc2[nH]ccc2c1)c1cccc(Cl)c1. The van der Waals surface area contributed by atoms with Gasteiger partial charge < -0.3 is 10.3 Å². The van der Waals surface area contributed by atoms with Crippen molar-refractivity contribution < 1.29 is 0 Å². The molecule has 0 saturated carbocycles. The maximum absolute atomic E-state index is 6.03. The highest BCUT2D eigenvalue weighted by Crippen LogP contribution is 2.19. The number of fused-ring (bicyclic) bond motifs is 1. The molecule has 1 aromatic heterocycles. The molecule has 2 N–H and O–H groups in total. The molecule has 1 heterocycles. The predicted molar refractivity (Wildman–Crippen MR) is 85.0 cm³/mol. The van der Waals surface area contributed by atoms with Gasteiger partial charge in [-0.25, -0.2) is 0 Å². The Balaban J connectivity index is 1.69. The van der Waals surface area contributed by atoms with E-state index in [2.05, 4.69) is 47.6 Å². The quantitative estimate of drug-likeness (QED) is 0.716. The van der Waals surface area contributed by atoms with E-state index in [1.165, 1.54) is 22.0 Å². The number of hydrogen-bond donors (Lipinski definition) is 2.